The van der Waals surface area contributed by atoms with Crippen LogP contribution in [-0.4, -0.2) is 28.4 Å². The van der Waals surface area contributed by atoms with Crippen molar-refractivity contribution in [1.82, 2.24) is 0 Å². The second kappa shape index (κ2) is 9.72. The third-order valence-corrected chi connectivity index (χ3v) is 8.56. The van der Waals surface area contributed by atoms with E-state index in [2.05, 4.69) is 20.8 Å². The SMILES string of the molecule is CC(=O)O[C@@H](C/C=C(\CO)CC[C@@H]1[C@@]2(C)CCCC(C)(C)[C@@H]2CC[C@@]1(C)O)c1ccoc1. The van der Waals surface area contributed by atoms with E-state index in [1.807, 2.05) is 13.0 Å². The lowest BCUT2D eigenvalue weighted by atomic mass is 9.45. The van der Waals surface area contributed by atoms with Crippen LogP contribution in [0.1, 0.15) is 97.7 Å². The number of aliphatic hydroxyl groups excluding tert-OH is 1. The van der Waals surface area contributed by atoms with Crippen LogP contribution in [0.3, 0.4) is 0 Å². The summed E-state index contributed by atoms with van der Waals surface area (Å²) < 4.78 is 10.6. The van der Waals surface area contributed by atoms with Crippen LogP contribution >= 0.6 is 0 Å². The van der Waals surface area contributed by atoms with Gasteiger partial charge in [-0.05, 0) is 79.8 Å². The molecule has 0 saturated heterocycles. The largest absolute Gasteiger partial charge is 0.472 e. The topological polar surface area (TPSA) is 79.9 Å². The van der Waals surface area contributed by atoms with E-state index >= 15 is 0 Å². The highest BCUT2D eigenvalue weighted by Crippen LogP contribution is 2.63. The second-order valence-corrected chi connectivity index (χ2v) is 11.3. The van der Waals surface area contributed by atoms with Crippen molar-refractivity contribution in [2.75, 3.05) is 6.61 Å². The highest BCUT2D eigenvalue weighted by molar-refractivity contribution is 5.66. The van der Waals surface area contributed by atoms with Gasteiger partial charge in [-0.15, -0.1) is 0 Å². The summed E-state index contributed by atoms with van der Waals surface area (Å²) in [5, 5.41) is 21.4. The van der Waals surface area contributed by atoms with Gasteiger partial charge in [-0.1, -0.05) is 33.3 Å². The van der Waals surface area contributed by atoms with E-state index in [9.17, 15) is 15.0 Å². The first-order chi connectivity index (χ1) is 15.0. The molecule has 5 nitrogen and oxygen atoms in total. The third kappa shape index (κ3) is 5.31. The lowest BCUT2D eigenvalue weighted by Gasteiger charge is -2.61. The molecule has 3 rings (SSSR count). The highest BCUT2D eigenvalue weighted by atomic mass is 16.5. The second-order valence-electron chi connectivity index (χ2n) is 11.3. The Morgan fingerprint density at radius 3 is 2.66 bits per heavy atom. The molecule has 2 N–H and O–H groups in total. The molecule has 2 fully saturated rings. The molecule has 2 saturated carbocycles. The summed E-state index contributed by atoms with van der Waals surface area (Å²) >= 11 is 0. The first-order valence-corrected chi connectivity index (χ1v) is 12.2. The van der Waals surface area contributed by atoms with Gasteiger partial charge in [-0.2, -0.15) is 0 Å². The fraction of sp³-hybridized carbons (Fsp3) is 0.741. The van der Waals surface area contributed by atoms with Crippen LogP contribution < -0.4 is 0 Å². The van der Waals surface area contributed by atoms with Gasteiger partial charge >= 0.3 is 5.97 Å². The maximum Gasteiger partial charge on any atom is 0.303 e. The first kappa shape index (κ1) is 25.0. The molecule has 5 atom stereocenters. The maximum absolute atomic E-state index is 11.5. The van der Waals surface area contributed by atoms with Crippen LogP contribution in [0.4, 0.5) is 0 Å². The zero-order valence-electron chi connectivity index (χ0n) is 20.5. The van der Waals surface area contributed by atoms with E-state index in [4.69, 9.17) is 9.15 Å². The summed E-state index contributed by atoms with van der Waals surface area (Å²) in [6, 6.07) is 1.80. The van der Waals surface area contributed by atoms with E-state index in [1.165, 1.54) is 19.8 Å². The molecule has 0 aromatic carbocycles. The van der Waals surface area contributed by atoms with Gasteiger partial charge in [-0.25, -0.2) is 0 Å². The van der Waals surface area contributed by atoms with Gasteiger partial charge in [0.25, 0.3) is 0 Å². The average molecular weight is 447 g/mol. The Morgan fingerprint density at radius 2 is 2.03 bits per heavy atom. The van der Waals surface area contributed by atoms with E-state index in [1.54, 1.807) is 18.6 Å². The monoisotopic (exact) mass is 446 g/mol. The Labute approximate surface area is 193 Å². The Hall–Kier alpha value is -1.59. The number of carbonyl (C=O) groups is 1. The van der Waals surface area contributed by atoms with Crippen LogP contribution in [-0.2, 0) is 9.53 Å². The number of esters is 1. The fourth-order valence-electron chi connectivity index (χ4n) is 7.03. The minimum atomic E-state index is -0.684. The van der Waals surface area contributed by atoms with Crippen molar-refractivity contribution in [3.63, 3.8) is 0 Å². The van der Waals surface area contributed by atoms with Crippen molar-refractivity contribution in [3.8, 4) is 0 Å². The van der Waals surface area contributed by atoms with Crippen molar-refractivity contribution in [2.24, 2.45) is 22.7 Å². The van der Waals surface area contributed by atoms with Gasteiger partial charge in [0.1, 0.15) is 6.10 Å². The molecule has 1 heterocycles. The number of furan rings is 1. The summed E-state index contributed by atoms with van der Waals surface area (Å²) in [6.07, 6.45) is 12.4. The zero-order valence-corrected chi connectivity index (χ0v) is 20.5. The van der Waals surface area contributed by atoms with Crippen molar-refractivity contribution in [3.05, 3.63) is 35.8 Å². The summed E-state index contributed by atoms with van der Waals surface area (Å²) in [6.45, 7) is 10.6. The van der Waals surface area contributed by atoms with Crippen LogP contribution in [0.15, 0.2) is 34.7 Å². The maximum atomic E-state index is 11.5. The normalized spacial score (nSPS) is 33.4. The number of aliphatic hydroxyl groups is 2. The van der Waals surface area contributed by atoms with Crippen molar-refractivity contribution >= 4 is 5.97 Å². The number of rotatable bonds is 8. The Bertz CT molecular complexity index is 791. The number of ether oxygens (including phenoxy) is 1. The number of hydrogen-bond donors (Lipinski definition) is 2. The predicted octanol–water partition coefficient (Wildman–Crippen LogP) is 5.97. The van der Waals surface area contributed by atoms with Gasteiger partial charge in [0.2, 0.25) is 0 Å². The summed E-state index contributed by atoms with van der Waals surface area (Å²) in [5.74, 6) is 0.471. The number of fused-ring (bicyclic) bond motifs is 1. The van der Waals surface area contributed by atoms with E-state index < -0.39 is 11.7 Å². The zero-order chi connectivity index (χ0) is 23.6. The summed E-state index contributed by atoms with van der Waals surface area (Å²) in [7, 11) is 0. The molecule has 1 aromatic heterocycles. The van der Waals surface area contributed by atoms with Crippen molar-refractivity contribution < 1.29 is 24.2 Å². The third-order valence-electron chi connectivity index (χ3n) is 8.56. The Balaban J connectivity index is 1.73. The van der Waals surface area contributed by atoms with E-state index in [0.29, 0.717) is 17.8 Å². The van der Waals surface area contributed by atoms with Gasteiger partial charge < -0.3 is 19.4 Å². The minimum absolute atomic E-state index is 0.0291. The van der Waals surface area contributed by atoms with Crippen LogP contribution in [0.5, 0.6) is 0 Å². The predicted molar refractivity (Wildman–Crippen MR) is 125 cm³/mol. The number of hydrogen-bond acceptors (Lipinski definition) is 5. The Kier molecular flexibility index (Phi) is 7.61. The molecule has 180 valence electrons. The molecule has 0 amide bonds. The lowest BCUT2D eigenvalue weighted by Crippen LogP contribution is -2.57. The molecule has 0 radical (unpaired) electrons. The molecule has 32 heavy (non-hydrogen) atoms. The first-order valence-electron chi connectivity index (χ1n) is 12.2. The molecule has 0 aliphatic heterocycles. The quantitative estimate of drug-likeness (QED) is 0.380. The van der Waals surface area contributed by atoms with Crippen LogP contribution in [0.2, 0.25) is 0 Å². The molecule has 1 aromatic rings. The van der Waals surface area contributed by atoms with E-state index in [-0.39, 0.29) is 23.9 Å². The van der Waals surface area contributed by atoms with E-state index in [0.717, 1.165) is 43.2 Å². The molecule has 0 bridgehead atoms. The van der Waals surface area contributed by atoms with Crippen molar-refractivity contribution in [1.29, 1.82) is 0 Å². The fourth-order valence-corrected chi connectivity index (χ4v) is 7.03. The molecule has 5 heteroatoms. The standard InChI is InChI=1S/C27H42O5/c1-19(29)32-22(21-12-16-31-18-21)9-7-20(17-28)8-10-24-26(4)14-6-13-25(2,3)23(26)11-15-27(24,5)30/h7,12,16,18,22-24,28,30H,6,8-11,13-15,17H2,1-5H3/b20-7-/t22-,23-,24+,26-,27+/m0/s1. The Morgan fingerprint density at radius 1 is 1.28 bits per heavy atom. The van der Waals surface area contributed by atoms with Crippen molar-refractivity contribution in [2.45, 2.75) is 97.7 Å². The average Bonchev–Trinajstić information content (AvgIpc) is 3.22. The lowest BCUT2D eigenvalue weighted by molar-refractivity contribution is -0.169. The smallest absolute Gasteiger partial charge is 0.303 e. The van der Waals surface area contributed by atoms with Gasteiger partial charge in [-0.3, -0.25) is 4.79 Å². The van der Waals surface area contributed by atoms with Crippen LogP contribution in [0, 0.1) is 22.7 Å². The minimum Gasteiger partial charge on any atom is -0.472 e. The summed E-state index contributed by atoms with van der Waals surface area (Å²) in [4.78, 5) is 11.5. The highest BCUT2D eigenvalue weighted by Gasteiger charge is 2.57. The van der Waals surface area contributed by atoms with Gasteiger partial charge in [0.15, 0.2) is 0 Å². The van der Waals surface area contributed by atoms with Gasteiger partial charge in [0.05, 0.1) is 24.7 Å². The molecule has 0 unspecified atom stereocenters. The molecule has 2 aliphatic rings. The molecular weight excluding hydrogens is 404 g/mol. The molecule has 0 spiro atoms. The van der Waals surface area contributed by atoms with Crippen LogP contribution in [0.25, 0.3) is 0 Å². The molecular formula is C27H42O5. The number of carbonyl (C=O) groups excluding carboxylic acids is 1. The molecule has 2 aliphatic carbocycles. The van der Waals surface area contributed by atoms with Gasteiger partial charge in [0, 0.05) is 18.9 Å². The summed E-state index contributed by atoms with van der Waals surface area (Å²) in [5.41, 5.74) is 1.47.